The molecule has 0 aromatic heterocycles. The van der Waals surface area contributed by atoms with Crippen LogP contribution in [0.15, 0.2) is 31.6 Å². The Morgan fingerprint density at radius 1 is 1.41 bits per heavy atom. The number of aromatic hydroxyl groups is 1. The first-order valence-corrected chi connectivity index (χ1v) is 6.98. The summed E-state index contributed by atoms with van der Waals surface area (Å²) in [5.74, 6) is 0.162. The molecular formula is C11H13Br3ClNO. The van der Waals surface area contributed by atoms with Gasteiger partial charge in [-0.05, 0) is 51.3 Å². The highest BCUT2D eigenvalue weighted by Crippen LogP contribution is 2.42. The molecule has 17 heavy (non-hydrogen) atoms. The minimum absolute atomic E-state index is 0. The Kier molecular flexibility index (Phi) is 7.33. The van der Waals surface area contributed by atoms with E-state index in [9.17, 15) is 5.11 Å². The minimum Gasteiger partial charge on any atom is -0.506 e. The molecule has 0 unspecified atom stereocenters. The summed E-state index contributed by atoms with van der Waals surface area (Å²) in [4.78, 5) is 0. The highest BCUT2D eigenvalue weighted by Gasteiger charge is 2.18. The maximum absolute atomic E-state index is 9.80. The molecule has 0 saturated heterocycles. The second-order valence-corrected chi connectivity index (χ2v) is 6.19. The van der Waals surface area contributed by atoms with Crippen molar-refractivity contribution >= 4 is 60.2 Å². The SMILES string of the molecule is C=C(C)C[C@@H](N)c1c(Br)cc(Br)c(O)c1Br.Cl. The number of halogens is 4. The Labute approximate surface area is 132 Å². The van der Waals surface area contributed by atoms with Crippen LogP contribution < -0.4 is 5.73 Å². The third-order valence-corrected chi connectivity index (χ3v) is 4.18. The van der Waals surface area contributed by atoms with Crippen LogP contribution in [0, 0.1) is 0 Å². The molecular weight excluding hydrogens is 437 g/mol. The van der Waals surface area contributed by atoms with E-state index in [1.54, 1.807) is 6.07 Å². The predicted octanol–water partition coefficient (Wildman–Crippen LogP) is 5.07. The molecule has 0 aliphatic rings. The average Bonchev–Trinajstić information content (AvgIpc) is 2.13. The summed E-state index contributed by atoms with van der Waals surface area (Å²) in [5.41, 5.74) is 7.93. The van der Waals surface area contributed by atoms with Crippen molar-refractivity contribution in [3.8, 4) is 5.75 Å². The smallest absolute Gasteiger partial charge is 0.144 e. The van der Waals surface area contributed by atoms with Crippen molar-refractivity contribution < 1.29 is 5.11 Å². The molecule has 96 valence electrons. The van der Waals surface area contributed by atoms with Crippen LogP contribution in [-0.2, 0) is 0 Å². The zero-order valence-electron chi connectivity index (χ0n) is 9.14. The standard InChI is InChI=1S/C11H12Br3NO.ClH/c1-5(2)3-8(15)9-6(12)4-7(13)11(16)10(9)14;/h4,8,16H,1,3,15H2,2H3;1H/t8-;/m1./s1. The summed E-state index contributed by atoms with van der Waals surface area (Å²) in [6.07, 6.45) is 0.679. The maximum Gasteiger partial charge on any atom is 0.144 e. The monoisotopic (exact) mass is 447 g/mol. The van der Waals surface area contributed by atoms with Crippen LogP contribution >= 0.6 is 60.2 Å². The third-order valence-electron chi connectivity index (χ3n) is 2.12. The quantitative estimate of drug-likeness (QED) is 0.632. The van der Waals surface area contributed by atoms with Gasteiger partial charge in [0.1, 0.15) is 5.75 Å². The fraction of sp³-hybridized carbons (Fsp3) is 0.273. The third kappa shape index (κ3) is 4.24. The first-order valence-electron chi connectivity index (χ1n) is 4.61. The molecule has 0 amide bonds. The summed E-state index contributed by atoms with van der Waals surface area (Å²) >= 11 is 10.1. The van der Waals surface area contributed by atoms with Crippen molar-refractivity contribution in [1.82, 2.24) is 0 Å². The Balaban J connectivity index is 0.00000256. The topological polar surface area (TPSA) is 46.2 Å². The lowest BCUT2D eigenvalue weighted by Gasteiger charge is -2.17. The summed E-state index contributed by atoms with van der Waals surface area (Å²) in [6.45, 7) is 5.77. The van der Waals surface area contributed by atoms with E-state index in [1.807, 2.05) is 6.92 Å². The molecule has 0 bridgehead atoms. The number of phenols is 1. The van der Waals surface area contributed by atoms with Crippen LogP contribution in [0.2, 0.25) is 0 Å². The molecule has 1 rings (SSSR count). The van der Waals surface area contributed by atoms with Crippen molar-refractivity contribution in [1.29, 1.82) is 0 Å². The molecule has 3 N–H and O–H groups in total. The van der Waals surface area contributed by atoms with E-state index >= 15 is 0 Å². The predicted molar refractivity (Wildman–Crippen MR) is 84.8 cm³/mol. The van der Waals surface area contributed by atoms with Gasteiger partial charge in [0.25, 0.3) is 0 Å². The van der Waals surface area contributed by atoms with Crippen molar-refractivity contribution in [3.05, 3.63) is 37.2 Å². The Morgan fingerprint density at radius 2 is 1.94 bits per heavy atom. The van der Waals surface area contributed by atoms with E-state index in [0.717, 1.165) is 15.6 Å². The zero-order valence-corrected chi connectivity index (χ0v) is 14.7. The number of phenolic OH excluding ortho intramolecular Hbond substituents is 1. The molecule has 0 radical (unpaired) electrons. The molecule has 0 heterocycles. The van der Waals surface area contributed by atoms with Gasteiger partial charge < -0.3 is 10.8 Å². The molecule has 1 atom stereocenters. The zero-order chi connectivity index (χ0) is 12.5. The number of hydrogen-bond donors (Lipinski definition) is 2. The second kappa shape index (κ2) is 7.14. The van der Waals surface area contributed by atoms with Crippen molar-refractivity contribution in [2.45, 2.75) is 19.4 Å². The van der Waals surface area contributed by atoms with E-state index in [-0.39, 0.29) is 24.2 Å². The first kappa shape index (κ1) is 17.4. The molecule has 0 fully saturated rings. The summed E-state index contributed by atoms with van der Waals surface area (Å²) in [5, 5.41) is 9.80. The molecule has 0 spiro atoms. The van der Waals surface area contributed by atoms with Gasteiger partial charge in [0.2, 0.25) is 0 Å². The van der Waals surface area contributed by atoms with Crippen LogP contribution in [0.3, 0.4) is 0 Å². The maximum atomic E-state index is 9.80. The molecule has 0 aliphatic heterocycles. The molecule has 1 aromatic carbocycles. The lowest BCUT2D eigenvalue weighted by molar-refractivity contribution is 0.466. The van der Waals surface area contributed by atoms with E-state index in [2.05, 4.69) is 54.4 Å². The van der Waals surface area contributed by atoms with Crippen molar-refractivity contribution in [3.63, 3.8) is 0 Å². The molecule has 6 heteroatoms. The van der Waals surface area contributed by atoms with Gasteiger partial charge in [-0.3, -0.25) is 0 Å². The summed E-state index contributed by atoms with van der Waals surface area (Å²) < 4.78 is 2.10. The van der Waals surface area contributed by atoms with Crippen molar-refractivity contribution in [2.75, 3.05) is 0 Å². The molecule has 0 saturated carbocycles. The minimum atomic E-state index is -0.194. The van der Waals surface area contributed by atoms with Crippen LogP contribution in [0.1, 0.15) is 24.9 Å². The van der Waals surface area contributed by atoms with E-state index in [1.165, 1.54) is 0 Å². The molecule has 0 aliphatic carbocycles. The first-order chi connectivity index (χ1) is 7.34. The fourth-order valence-corrected chi connectivity index (χ4v) is 4.12. The van der Waals surface area contributed by atoms with Gasteiger partial charge in [-0.25, -0.2) is 0 Å². The highest BCUT2D eigenvalue weighted by atomic mass is 79.9. The van der Waals surface area contributed by atoms with Gasteiger partial charge in [-0.1, -0.05) is 21.5 Å². The fourth-order valence-electron chi connectivity index (χ4n) is 1.41. The normalized spacial score (nSPS) is 11.8. The lowest BCUT2D eigenvalue weighted by Crippen LogP contribution is -2.12. The molecule has 1 aromatic rings. The Hall–Kier alpha value is 0.450. The summed E-state index contributed by atoms with van der Waals surface area (Å²) in [7, 11) is 0. The van der Waals surface area contributed by atoms with Crippen LogP contribution in [0.4, 0.5) is 0 Å². The van der Waals surface area contributed by atoms with Gasteiger partial charge in [-0.2, -0.15) is 0 Å². The Bertz CT molecular complexity index is 437. The van der Waals surface area contributed by atoms with Gasteiger partial charge in [0, 0.05) is 16.1 Å². The number of hydrogen-bond acceptors (Lipinski definition) is 2. The van der Waals surface area contributed by atoms with E-state index < -0.39 is 0 Å². The van der Waals surface area contributed by atoms with Gasteiger partial charge in [0.05, 0.1) is 8.95 Å². The second-order valence-electron chi connectivity index (χ2n) is 3.68. The highest BCUT2D eigenvalue weighted by molar-refractivity contribution is 9.11. The Morgan fingerprint density at radius 3 is 2.41 bits per heavy atom. The average molecular weight is 450 g/mol. The van der Waals surface area contributed by atoms with Gasteiger partial charge >= 0.3 is 0 Å². The lowest BCUT2D eigenvalue weighted by atomic mass is 10.0. The largest absolute Gasteiger partial charge is 0.506 e. The number of benzene rings is 1. The van der Waals surface area contributed by atoms with Gasteiger partial charge in [0.15, 0.2) is 0 Å². The van der Waals surface area contributed by atoms with Crippen LogP contribution in [-0.4, -0.2) is 5.11 Å². The van der Waals surface area contributed by atoms with Crippen LogP contribution in [0.25, 0.3) is 0 Å². The summed E-state index contributed by atoms with van der Waals surface area (Å²) in [6, 6.07) is 1.59. The van der Waals surface area contributed by atoms with Crippen LogP contribution in [0.5, 0.6) is 5.75 Å². The van der Waals surface area contributed by atoms with E-state index in [4.69, 9.17) is 5.73 Å². The van der Waals surface area contributed by atoms with E-state index in [0.29, 0.717) is 15.4 Å². The number of nitrogens with two attached hydrogens (primary N) is 1. The van der Waals surface area contributed by atoms with Gasteiger partial charge in [-0.15, -0.1) is 19.0 Å². The molecule has 2 nitrogen and oxygen atoms in total. The van der Waals surface area contributed by atoms with Crippen molar-refractivity contribution in [2.24, 2.45) is 5.73 Å². The number of rotatable bonds is 3.